The molecule has 21 nitrogen and oxygen atoms in total. The van der Waals surface area contributed by atoms with Crippen molar-refractivity contribution in [2.45, 2.75) is 172 Å². The Morgan fingerprint density at radius 2 is 0.293 bits per heavy atom. The second-order valence-corrected chi connectivity index (χ2v) is 35.9. The van der Waals surface area contributed by atoms with Crippen LogP contribution in [-0.2, 0) is 133 Å². The number of aryl methyl sites for hydroxylation is 7. The van der Waals surface area contributed by atoms with Crippen LogP contribution in [-0.4, -0.2) is 90.8 Å². The first kappa shape index (κ1) is 80.7. The van der Waals surface area contributed by atoms with Crippen LogP contribution >= 0.6 is 0 Å². The van der Waals surface area contributed by atoms with Crippen LogP contribution in [0.1, 0.15) is 205 Å². The van der Waals surface area contributed by atoms with E-state index in [1.807, 2.05) is 84.9 Å². The monoisotopic (exact) mass is 1530 g/mol. The summed E-state index contributed by atoms with van der Waals surface area (Å²) < 4.78 is 231. The molecule has 0 amide bonds. The third-order valence-electron chi connectivity index (χ3n) is 18.6. The Morgan fingerprint density at radius 3 is 0.394 bits per heavy atom. The maximum Gasteiger partial charge on any atom is 7.00 e. The minimum absolute atomic E-state index is 0. The minimum atomic E-state index is -4.19. The van der Waals surface area contributed by atoms with Crippen molar-refractivity contribution in [3.63, 3.8) is 0 Å². The molecule has 7 aliphatic rings. The first-order valence-corrected chi connectivity index (χ1v) is 42.6. The summed E-state index contributed by atoms with van der Waals surface area (Å²) in [6.07, 6.45) is 14.8. The van der Waals surface area contributed by atoms with Crippen molar-refractivity contribution in [2.24, 2.45) is 0 Å². The van der Waals surface area contributed by atoms with Gasteiger partial charge < -0.3 is 31.9 Å². The van der Waals surface area contributed by atoms with Gasteiger partial charge >= 0.3 is 17.1 Å². The van der Waals surface area contributed by atoms with Gasteiger partial charge in [-0.05, 0) is 213 Å². The summed E-state index contributed by atoms with van der Waals surface area (Å²) >= 11 is 0. The van der Waals surface area contributed by atoms with E-state index in [4.69, 9.17) is 0 Å². The normalized spacial score (nSPS) is 21.4. The zero-order chi connectivity index (χ0) is 71.3. The molecule has 99 heavy (non-hydrogen) atoms. The molecule has 0 fully saturated rings. The Labute approximate surface area is 593 Å². The second-order valence-electron chi connectivity index (χ2n) is 25.0. The summed E-state index contributed by atoms with van der Waals surface area (Å²) in [5.41, 5.74) is 11.9. The molecule has 7 aromatic carbocycles. The molecule has 0 aliphatic heterocycles. The first-order chi connectivity index (χ1) is 46.1. The molecule has 0 saturated heterocycles. The van der Waals surface area contributed by atoms with Crippen LogP contribution in [0.15, 0.2) is 170 Å². The molecule has 7 atom stereocenters. The van der Waals surface area contributed by atoms with Crippen molar-refractivity contribution in [1.29, 1.82) is 0 Å². The smallest absolute Gasteiger partial charge is 0.747 e. The Bertz CT molecular complexity index is 3900. The van der Waals surface area contributed by atoms with Crippen LogP contribution in [0.3, 0.4) is 0 Å². The Kier molecular flexibility index (Phi) is 28.6. The van der Waals surface area contributed by atoms with Crippen molar-refractivity contribution >= 4 is 70.8 Å². The third kappa shape index (κ3) is 22.5. The number of rotatable bonds is 7. The Balaban J connectivity index is 0.000000162. The van der Waals surface area contributed by atoms with E-state index < -0.39 is 108 Å². The molecule has 0 heterocycles. The van der Waals surface area contributed by atoms with Gasteiger partial charge in [-0.2, -0.15) is 0 Å². The van der Waals surface area contributed by atoms with Crippen LogP contribution in [0.2, 0.25) is 0 Å². The first-order valence-electron chi connectivity index (χ1n) is 32.3. The number of hydrogen-bond donors (Lipinski definition) is 0. The van der Waals surface area contributed by atoms with E-state index in [1.54, 1.807) is 84.9 Å². The van der Waals surface area contributed by atoms with Crippen molar-refractivity contribution in [2.75, 3.05) is 0 Å². The number of benzene rings is 7. The van der Waals surface area contributed by atoms with Gasteiger partial charge in [0.2, 0.25) is 0 Å². The average Bonchev–Trinajstić information content (AvgIpc) is 0.869. The van der Waals surface area contributed by atoms with Crippen LogP contribution in [0.4, 0.5) is 0 Å². The molecule has 14 rings (SSSR count). The van der Waals surface area contributed by atoms with E-state index in [1.165, 1.54) is 0 Å². The molecular formula is C70H77MnO21S7. The summed E-state index contributed by atoms with van der Waals surface area (Å²) in [6, 6.07) is 51.1. The summed E-state index contributed by atoms with van der Waals surface area (Å²) in [4.78, 5) is 0. The van der Waals surface area contributed by atoms with Crippen molar-refractivity contribution in [3.05, 3.63) is 248 Å². The van der Waals surface area contributed by atoms with Gasteiger partial charge in [0.25, 0.3) is 0 Å². The van der Waals surface area contributed by atoms with Crippen LogP contribution < -0.4 is 0 Å². The molecule has 0 bridgehead atoms. The van der Waals surface area contributed by atoms with Gasteiger partial charge in [-0.15, -0.1) is 0 Å². The Hall–Kier alpha value is -5.57. The standard InChI is InChI=1S/7C10H12O3S.Mn/c7*11-14(12,13)10-7-3-5-8-4-1-2-6-9(8)10;/h7*1-2,4,6,10H,3,5,7H2,(H,11,12,13);/q;;;;;;;+7/p-7. The predicted molar refractivity (Wildman–Crippen MR) is 363 cm³/mol. The number of hydrogen-bond acceptors (Lipinski definition) is 21. The Morgan fingerprint density at radius 1 is 0.192 bits per heavy atom. The van der Waals surface area contributed by atoms with Gasteiger partial charge in [-0.25, -0.2) is 58.9 Å². The fraction of sp³-hybridized carbons (Fsp3) is 0.400. The summed E-state index contributed by atoms with van der Waals surface area (Å²) in [6.45, 7) is 0. The van der Waals surface area contributed by atoms with Gasteiger partial charge in [0.05, 0.1) is 36.7 Å². The van der Waals surface area contributed by atoms with E-state index >= 15 is 0 Å². The molecular weight excluding hydrogens is 1460 g/mol. The minimum Gasteiger partial charge on any atom is -0.747 e. The van der Waals surface area contributed by atoms with Crippen molar-refractivity contribution in [3.8, 4) is 0 Å². The van der Waals surface area contributed by atoms with Crippen LogP contribution in [0.5, 0.6) is 0 Å². The third-order valence-corrected chi connectivity index (χ3v) is 26.9. The summed E-state index contributed by atoms with van der Waals surface area (Å²) in [5.74, 6) is 0. The topological polar surface area (TPSA) is 400 Å². The molecule has 7 unspecified atom stereocenters. The van der Waals surface area contributed by atoms with E-state index in [0.29, 0.717) is 83.9 Å². The summed E-state index contributed by atoms with van der Waals surface area (Å²) in [5, 5.41) is -5.79. The zero-order valence-electron chi connectivity index (χ0n) is 53.9. The van der Waals surface area contributed by atoms with Crippen LogP contribution in [0, 0.1) is 0 Å². The molecule has 29 heteroatoms. The zero-order valence-corrected chi connectivity index (χ0v) is 60.8. The molecule has 0 aromatic heterocycles. The molecule has 0 saturated carbocycles. The SMILES string of the molecule is O=S(=O)([O-])C1CCCc2ccccc21.O=S(=O)([O-])C1CCCc2ccccc21.O=S(=O)([O-])C1CCCc2ccccc21.O=S(=O)([O-])C1CCCc2ccccc21.O=S(=O)([O-])C1CCCc2ccccc21.O=S(=O)([O-])C1CCCc2ccccc21.O=S(=O)([O-])C1CCCc2ccccc21.[Mn+7]. The molecule has 0 radical (unpaired) electrons. The summed E-state index contributed by atoms with van der Waals surface area (Å²) in [7, 11) is -29.3. The van der Waals surface area contributed by atoms with Gasteiger partial charge in [0, 0.05) is 0 Å². The maximum absolute atomic E-state index is 11.0. The predicted octanol–water partition coefficient (Wildman–Crippen LogP) is 11.3. The average molecular weight is 1530 g/mol. The maximum atomic E-state index is 11.0. The molecule has 0 N–H and O–H groups in total. The fourth-order valence-corrected chi connectivity index (χ4v) is 21.0. The fourth-order valence-electron chi connectivity index (χ4n) is 14.1. The number of fused-ring (bicyclic) bond motifs is 7. The quantitative estimate of drug-likeness (QED) is 0.106. The van der Waals surface area contributed by atoms with Gasteiger partial charge in [-0.1, -0.05) is 170 Å². The van der Waals surface area contributed by atoms with Crippen LogP contribution in [0.25, 0.3) is 0 Å². The molecule has 0 spiro atoms. The second kappa shape index (κ2) is 35.1. The largest absolute Gasteiger partial charge is 7.00 e. The molecule has 7 aliphatic carbocycles. The van der Waals surface area contributed by atoms with E-state index in [9.17, 15) is 90.8 Å². The van der Waals surface area contributed by atoms with Crippen molar-refractivity contribution in [1.82, 2.24) is 0 Å². The van der Waals surface area contributed by atoms with E-state index in [0.717, 1.165) is 129 Å². The molecule has 532 valence electrons. The van der Waals surface area contributed by atoms with Gasteiger partial charge in [0.1, 0.15) is 70.8 Å². The van der Waals surface area contributed by atoms with E-state index in [-0.39, 0.29) is 17.1 Å². The molecule has 7 aromatic rings. The van der Waals surface area contributed by atoms with Gasteiger partial charge in [0.15, 0.2) is 0 Å². The van der Waals surface area contributed by atoms with Gasteiger partial charge in [-0.3, -0.25) is 0 Å². The van der Waals surface area contributed by atoms with E-state index in [2.05, 4.69) is 0 Å². The van der Waals surface area contributed by atoms with Crippen molar-refractivity contribution < 1.29 is 108 Å².